The highest BCUT2D eigenvalue weighted by molar-refractivity contribution is 5.96. The highest BCUT2D eigenvalue weighted by Crippen LogP contribution is 2.21. The van der Waals surface area contributed by atoms with Gasteiger partial charge in [-0.3, -0.25) is 29.2 Å². The standard InChI is InChI=1S/C23H25N5O6/c1-14-5-4-6-15(2)22(14)26-20(29)13-24-23(31)16(3)34-21(30)9-10-27-19-11-18(28(32)33)8-7-17(19)12-25-27/h4-8,11-12,16H,9-10,13H2,1-3H3,(H,24,31)(H,26,29)/t16-/m0/s1. The largest absolute Gasteiger partial charge is 0.452 e. The maximum atomic E-state index is 12.2. The van der Waals surface area contributed by atoms with Crippen LogP contribution in [0, 0.1) is 24.0 Å². The molecule has 2 amide bonds. The fourth-order valence-electron chi connectivity index (χ4n) is 3.36. The number of hydrogen-bond donors (Lipinski definition) is 2. The summed E-state index contributed by atoms with van der Waals surface area (Å²) in [4.78, 5) is 47.1. The zero-order valence-electron chi connectivity index (χ0n) is 19.0. The Labute approximate surface area is 195 Å². The van der Waals surface area contributed by atoms with Crippen molar-refractivity contribution in [1.82, 2.24) is 15.1 Å². The summed E-state index contributed by atoms with van der Waals surface area (Å²) in [5.41, 5.74) is 2.94. The van der Waals surface area contributed by atoms with Crippen molar-refractivity contribution < 1.29 is 24.0 Å². The first kappa shape index (κ1) is 24.4. The Balaban J connectivity index is 1.47. The number of aromatic nitrogens is 2. The Morgan fingerprint density at radius 1 is 1.18 bits per heavy atom. The Morgan fingerprint density at radius 2 is 1.88 bits per heavy atom. The molecule has 0 aliphatic carbocycles. The van der Waals surface area contributed by atoms with Gasteiger partial charge in [-0.2, -0.15) is 5.10 Å². The summed E-state index contributed by atoms with van der Waals surface area (Å²) in [6, 6.07) is 9.97. The van der Waals surface area contributed by atoms with E-state index in [9.17, 15) is 24.5 Å². The van der Waals surface area contributed by atoms with Gasteiger partial charge in [-0.1, -0.05) is 18.2 Å². The molecule has 11 nitrogen and oxygen atoms in total. The number of fused-ring (bicyclic) bond motifs is 1. The molecule has 0 radical (unpaired) electrons. The summed E-state index contributed by atoms with van der Waals surface area (Å²) in [6.07, 6.45) is 0.351. The van der Waals surface area contributed by atoms with Crippen molar-refractivity contribution in [1.29, 1.82) is 0 Å². The number of anilines is 1. The first-order valence-electron chi connectivity index (χ1n) is 10.6. The number of nitro groups is 1. The van der Waals surface area contributed by atoms with E-state index in [2.05, 4.69) is 15.7 Å². The van der Waals surface area contributed by atoms with E-state index in [0.29, 0.717) is 16.6 Å². The van der Waals surface area contributed by atoms with Gasteiger partial charge >= 0.3 is 5.97 Å². The predicted octanol–water partition coefficient (Wildman–Crippen LogP) is 2.64. The average molecular weight is 467 g/mol. The molecule has 2 aromatic carbocycles. The quantitative estimate of drug-likeness (QED) is 0.279. The third-order valence-electron chi connectivity index (χ3n) is 5.21. The molecular weight excluding hydrogens is 442 g/mol. The number of nitrogens with one attached hydrogen (secondary N) is 2. The van der Waals surface area contributed by atoms with Crippen LogP contribution in [0.2, 0.25) is 0 Å². The lowest BCUT2D eigenvalue weighted by molar-refractivity contribution is -0.384. The SMILES string of the molecule is Cc1cccc(C)c1NC(=O)CNC(=O)[C@H](C)OC(=O)CCn1ncc2ccc([N+](=O)[O-])cc21. The van der Waals surface area contributed by atoms with Gasteiger partial charge in [-0.05, 0) is 38.0 Å². The Bertz CT molecular complexity index is 1230. The Morgan fingerprint density at radius 3 is 2.56 bits per heavy atom. The highest BCUT2D eigenvalue weighted by atomic mass is 16.6. The molecule has 3 aromatic rings. The second-order valence-corrected chi connectivity index (χ2v) is 7.78. The number of benzene rings is 2. The van der Waals surface area contributed by atoms with E-state index in [1.165, 1.54) is 23.7 Å². The molecule has 1 aromatic heterocycles. The van der Waals surface area contributed by atoms with E-state index < -0.39 is 28.8 Å². The lowest BCUT2D eigenvalue weighted by atomic mass is 10.1. The fraction of sp³-hybridized carbons (Fsp3) is 0.304. The van der Waals surface area contributed by atoms with Gasteiger partial charge in [0.25, 0.3) is 11.6 Å². The molecular formula is C23H25N5O6. The zero-order valence-corrected chi connectivity index (χ0v) is 19.0. The molecule has 0 unspecified atom stereocenters. The van der Waals surface area contributed by atoms with Crippen LogP contribution in [0.25, 0.3) is 10.9 Å². The Kier molecular flexibility index (Phi) is 7.57. The first-order chi connectivity index (χ1) is 16.2. The second-order valence-electron chi connectivity index (χ2n) is 7.78. The van der Waals surface area contributed by atoms with E-state index >= 15 is 0 Å². The normalized spacial score (nSPS) is 11.6. The first-order valence-corrected chi connectivity index (χ1v) is 10.6. The van der Waals surface area contributed by atoms with Gasteiger partial charge in [0.2, 0.25) is 5.91 Å². The van der Waals surface area contributed by atoms with Crippen LogP contribution < -0.4 is 10.6 Å². The molecule has 2 N–H and O–H groups in total. The highest BCUT2D eigenvalue weighted by Gasteiger charge is 2.19. The minimum absolute atomic E-state index is 0.0799. The molecule has 178 valence electrons. The van der Waals surface area contributed by atoms with Crippen LogP contribution in [0.15, 0.2) is 42.6 Å². The van der Waals surface area contributed by atoms with Crippen LogP contribution >= 0.6 is 0 Å². The summed E-state index contributed by atoms with van der Waals surface area (Å²) in [5.74, 6) is -1.65. The molecule has 3 rings (SSSR count). The fourth-order valence-corrected chi connectivity index (χ4v) is 3.36. The van der Waals surface area contributed by atoms with Crippen molar-refractivity contribution in [2.75, 3.05) is 11.9 Å². The van der Waals surface area contributed by atoms with Gasteiger partial charge in [-0.15, -0.1) is 0 Å². The van der Waals surface area contributed by atoms with Gasteiger partial charge < -0.3 is 15.4 Å². The van der Waals surface area contributed by atoms with E-state index in [-0.39, 0.29) is 25.2 Å². The van der Waals surface area contributed by atoms with Crippen LogP contribution in [-0.2, 0) is 25.7 Å². The summed E-state index contributed by atoms with van der Waals surface area (Å²) >= 11 is 0. The number of carbonyl (C=O) groups is 3. The molecule has 0 fully saturated rings. The van der Waals surface area contributed by atoms with Crippen LogP contribution in [0.1, 0.15) is 24.5 Å². The summed E-state index contributed by atoms with van der Waals surface area (Å²) in [5, 5.41) is 21.0. The van der Waals surface area contributed by atoms with E-state index in [4.69, 9.17) is 4.74 Å². The zero-order chi connectivity index (χ0) is 24.8. The number of carbonyl (C=O) groups excluding carboxylic acids is 3. The molecule has 0 spiro atoms. The number of amides is 2. The molecule has 11 heteroatoms. The smallest absolute Gasteiger partial charge is 0.308 e. The number of non-ortho nitro benzene ring substituents is 1. The van der Waals surface area contributed by atoms with Crippen LogP contribution in [0.3, 0.4) is 0 Å². The number of rotatable bonds is 9. The average Bonchev–Trinajstić information content (AvgIpc) is 3.20. The number of nitrogens with zero attached hydrogens (tertiary/aromatic N) is 3. The number of ether oxygens (including phenoxy) is 1. The number of aryl methyl sites for hydroxylation is 3. The summed E-state index contributed by atoms with van der Waals surface area (Å²) < 4.78 is 6.61. The molecule has 0 saturated carbocycles. The molecule has 0 aliphatic heterocycles. The van der Waals surface area contributed by atoms with Crippen LogP contribution in [-0.4, -0.2) is 45.1 Å². The van der Waals surface area contributed by atoms with Crippen molar-refractivity contribution in [3.05, 3.63) is 63.8 Å². The third kappa shape index (κ3) is 5.94. The van der Waals surface area contributed by atoms with Crippen molar-refractivity contribution in [2.24, 2.45) is 0 Å². The molecule has 0 saturated heterocycles. The molecule has 1 atom stereocenters. The van der Waals surface area contributed by atoms with E-state index in [1.54, 1.807) is 12.3 Å². The number of para-hydroxylation sites is 1. The van der Waals surface area contributed by atoms with Gasteiger partial charge in [0.1, 0.15) is 0 Å². The van der Waals surface area contributed by atoms with E-state index in [0.717, 1.165) is 11.1 Å². The van der Waals surface area contributed by atoms with Crippen molar-refractivity contribution in [3.63, 3.8) is 0 Å². The number of nitro benzene ring substituents is 1. The minimum Gasteiger partial charge on any atom is -0.452 e. The summed E-state index contributed by atoms with van der Waals surface area (Å²) in [6.45, 7) is 5.00. The van der Waals surface area contributed by atoms with Crippen molar-refractivity contribution >= 4 is 40.1 Å². The molecule has 0 aliphatic rings. The molecule has 1 heterocycles. The van der Waals surface area contributed by atoms with Crippen molar-refractivity contribution in [2.45, 2.75) is 39.8 Å². The maximum Gasteiger partial charge on any atom is 0.308 e. The molecule has 0 bridgehead atoms. The lowest BCUT2D eigenvalue weighted by Gasteiger charge is -2.15. The Hall–Kier alpha value is -4.28. The monoisotopic (exact) mass is 467 g/mol. The summed E-state index contributed by atoms with van der Waals surface area (Å²) in [7, 11) is 0. The lowest BCUT2D eigenvalue weighted by Crippen LogP contribution is -2.40. The van der Waals surface area contributed by atoms with E-state index in [1.807, 2.05) is 32.0 Å². The molecule has 34 heavy (non-hydrogen) atoms. The minimum atomic E-state index is -1.10. The second kappa shape index (κ2) is 10.6. The number of hydrogen-bond acceptors (Lipinski definition) is 7. The third-order valence-corrected chi connectivity index (χ3v) is 5.21. The van der Waals surface area contributed by atoms with Gasteiger partial charge in [-0.25, -0.2) is 0 Å². The van der Waals surface area contributed by atoms with Crippen LogP contribution in [0.5, 0.6) is 0 Å². The van der Waals surface area contributed by atoms with Crippen LogP contribution in [0.4, 0.5) is 11.4 Å². The van der Waals surface area contributed by atoms with Gasteiger partial charge in [0, 0.05) is 23.2 Å². The van der Waals surface area contributed by atoms with Gasteiger partial charge in [0.15, 0.2) is 6.10 Å². The number of esters is 1. The topological polar surface area (TPSA) is 145 Å². The maximum absolute atomic E-state index is 12.2. The predicted molar refractivity (Wildman–Crippen MR) is 124 cm³/mol. The van der Waals surface area contributed by atoms with Gasteiger partial charge in [0.05, 0.1) is 36.1 Å². The van der Waals surface area contributed by atoms with Crippen molar-refractivity contribution in [3.8, 4) is 0 Å².